The van der Waals surface area contributed by atoms with Gasteiger partial charge in [-0.3, -0.25) is 9.59 Å². The van der Waals surface area contributed by atoms with Crippen molar-refractivity contribution in [3.8, 4) is 0 Å². The van der Waals surface area contributed by atoms with E-state index in [2.05, 4.69) is 30.0 Å². The molecule has 4 heterocycles. The number of carbonyl (C=O) groups is 2. The highest BCUT2D eigenvalue weighted by molar-refractivity contribution is 7.22. The summed E-state index contributed by atoms with van der Waals surface area (Å²) >= 11 is 1.71. The van der Waals surface area contributed by atoms with Crippen molar-refractivity contribution in [1.82, 2.24) is 14.8 Å². The number of carbonyl (C=O) groups excluding carboxylic acids is 2. The van der Waals surface area contributed by atoms with Crippen LogP contribution in [-0.4, -0.2) is 65.9 Å². The number of furan rings is 1. The van der Waals surface area contributed by atoms with Gasteiger partial charge >= 0.3 is 0 Å². The summed E-state index contributed by atoms with van der Waals surface area (Å²) in [6.07, 6.45) is 3.40. The molecule has 2 aliphatic heterocycles. The van der Waals surface area contributed by atoms with Gasteiger partial charge in [-0.25, -0.2) is 4.98 Å². The lowest BCUT2D eigenvalue weighted by Crippen LogP contribution is -2.53. The predicted molar refractivity (Wildman–Crippen MR) is 120 cm³/mol. The molecule has 8 heteroatoms. The normalized spacial score (nSPS) is 19.8. The van der Waals surface area contributed by atoms with E-state index in [9.17, 15) is 9.59 Å². The van der Waals surface area contributed by atoms with E-state index in [1.54, 1.807) is 28.4 Å². The molecule has 1 atom stereocenters. The molecule has 2 saturated heterocycles. The van der Waals surface area contributed by atoms with Crippen LogP contribution in [0.3, 0.4) is 0 Å². The van der Waals surface area contributed by atoms with Crippen molar-refractivity contribution < 1.29 is 14.0 Å². The minimum atomic E-state index is -0.105. The quantitative estimate of drug-likeness (QED) is 0.627. The van der Waals surface area contributed by atoms with E-state index in [-0.39, 0.29) is 17.7 Å². The molecular weight excluding hydrogens is 412 g/mol. The third-order valence-corrected chi connectivity index (χ3v) is 7.26. The van der Waals surface area contributed by atoms with Gasteiger partial charge in [-0.1, -0.05) is 17.4 Å². The highest BCUT2D eigenvalue weighted by atomic mass is 32.1. The maximum absolute atomic E-state index is 13.2. The maximum Gasteiger partial charge on any atom is 0.289 e. The fourth-order valence-electron chi connectivity index (χ4n) is 4.45. The van der Waals surface area contributed by atoms with E-state index in [1.807, 2.05) is 4.90 Å². The largest absolute Gasteiger partial charge is 0.459 e. The molecule has 5 rings (SSSR count). The summed E-state index contributed by atoms with van der Waals surface area (Å²) in [4.78, 5) is 36.4. The van der Waals surface area contributed by atoms with Crippen LogP contribution in [0.4, 0.5) is 5.13 Å². The SMILES string of the molecule is Cc1ccc2nc(N3CCCC(C(=O)N4CCN(C(=O)c5ccco5)CC4)C3)sc2c1. The van der Waals surface area contributed by atoms with Crippen LogP contribution >= 0.6 is 11.3 Å². The molecule has 2 fully saturated rings. The van der Waals surface area contributed by atoms with Gasteiger partial charge in [0.1, 0.15) is 0 Å². The molecule has 7 nitrogen and oxygen atoms in total. The summed E-state index contributed by atoms with van der Waals surface area (Å²) in [6.45, 7) is 5.97. The summed E-state index contributed by atoms with van der Waals surface area (Å²) in [5.41, 5.74) is 2.26. The Labute approximate surface area is 185 Å². The molecule has 2 aromatic heterocycles. The van der Waals surface area contributed by atoms with Crippen molar-refractivity contribution in [2.45, 2.75) is 19.8 Å². The Morgan fingerprint density at radius 3 is 2.68 bits per heavy atom. The molecule has 2 amide bonds. The maximum atomic E-state index is 13.2. The zero-order valence-electron chi connectivity index (χ0n) is 17.6. The van der Waals surface area contributed by atoms with E-state index in [1.165, 1.54) is 16.5 Å². The van der Waals surface area contributed by atoms with Crippen LogP contribution in [-0.2, 0) is 4.79 Å². The van der Waals surface area contributed by atoms with Gasteiger partial charge in [0.05, 0.1) is 22.4 Å². The summed E-state index contributed by atoms with van der Waals surface area (Å²) in [6, 6.07) is 9.73. The zero-order chi connectivity index (χ0) is 21.4. The number of nitrogens with zero attached hydrogens (tertiary/aromatic N) is 4. The summed E-state index contributed by atoms with van der Waals surface area (Å²) in [5.74, 6) is 0.433. The first-order chi connectivity index (χ1) is 15.1. The van der Waals surface area contributed by atoms with Gasteiger partial charge in [-0.15, -0.1) is 0 Å². The molecule has 0 saturated carbocycles. The molecule has 0 bridgehead atoms. The van der Waals surface area contributed by atoms with E-state index in [0.29, 0.717) is 38.5 Å². The van der Waals surface area contributed by atoms with Crippen molar-refractivity contribution in [2.75, 3.05) is 44.2 Å². The zero-order valence-corrected chi connectivity index (χ0v) is 18.4. The Morgan fingerprint density at radius 1 is 1.10 bits per heavy atom. The standard InChI is InChI=1S/C23H26N4O3S/c1-16-6-7-18-20(14-16)31-23(24-18)27-8-2-4-17(15-27)21(28)25-9-11-26(12-10-25)22(29)19-5-3-13-30-19/h3,5-7,13-14,17H,2,4,8-12,15H2,1H3. The molecular formula is C23H26N4O3S. The number of aromatic nitrogens is 1. The van der Waals surface area contributed by atoms with E-state index < -0.39 is 0 Å². The fourth-order valence-corrected chi connectivity index (χ4v) is 5.55. The van der Waals surface area contributed by atoms with Gasteiger partial charge in [-0.05, 0) is 49.6 Å². The number of thiazole rings is 1. The van der Waals surface area contributed by atoms with Crippen LogP contribution in [0.1, 0.15) is 29.0 Å². The van der Waals surface area contributed by atoms with Crippen molar-refractivity contribution in [3.05, 3.63) is 47.9 Å². The van der Waals surface area contributed by atoms with Crippen LogP contribution < -0.4 is 4.90 Å². The number of amides is 2. The number of fused-ring (bicyclic) bond motifs is 1. The topological polar surface area (TPSA) is 69.9 Å². The van der Waals surface area contributed by atoms with Gasteiger partial charge in [0.15, 0.2) is 10.9 Å². The molecule has 0 spiro atoms. The van der Waals surface area contributed by atoms with Gasteiger partial charge in [0, 0.05) is 39.3 Å². The van der Waals surface area contributed by atoms with Gasteiger partial charge < -0.3 is 19.1 Å². The van der Waals surface area contributed by atoms with Gasteiger partial charge in [0.25, 0.3) is 5.91 Å². The van der Waals surface area contributed by atoms with Crippen molar-refractivity contribution in [2.24, 2.45) is 5.92 Å². The number of benzene rings is 1. The molecule has 1 aromatic carbocycles. The lowest BCUT2D eigenvalue weighted by Gasteiger charge is -2.38. The van der Waals surface area contributed by atoms with Crippen molar-refractivity contribution in [1.29, 1.82) is 0 Å². The Morgan fingerprint density at radius 2 is 1.90 bits per heavy atom. The highest BCUT2D eigenvalue weighted by Crippen LogP contribution is 2.32. The minimum absolute atomic E-state index is 0.0187. The van der Waals surface area contributed by atoms with Crippen molar-refractivity contribution in [3.63, 3.8) is 0 Å². The number of hydrogen-bond donors (Lipinski definition) is 0. The van der Waals surface area contributed by atoms with Gasteiger partial charge in [0.2, 0.25) is 5.91 Å². The Kier molecular flexibility index (Phi) is 5.40. The molecule has 162 valence electrons. The van der Waals surface area contributed by atoms with E-state index >= 15 is 0 Å². The van der Waals surface area contributed by atoms with Crippen LogP contribution in [0.15, 0.2) is 41.0 Å². The average Bonchev–Trinajstić information content (AvgIpc) is 3.48. The molecule has 2 aliphatic rings. The van der Waals surface area contributed by atoms with Crippen LogP contribution in [0, 0.1) is 12.8 Å². The highest BCUT2D eigenvalue weighted by Gasteiger charge is 2.33. The summed E-state index contributed by atoms with van der Waals surface area (Å²) in [5, 5.41) is 1.01. The lowest BCUT2D eigenvalue weighted by molar-refractivity contribution is -0.137. The number of anilines is 1. The minimum Gasteiger partial charge on any atom is -0.459 e. The third kappa shape index (κ3) is 4.04. The second-order valence-corrected chi connectivity index (χ2v) is 9.36. The summed E-state index contributed by atoms with van der Waals surface area (Å²) < 4.78 is 6.41. The molecule has 1 unspecified atom stereocenters. The molecule has 3 aromatic rings. The first-order valence-electron chi connectivity index (χ1n) is 10.8. The Hall–Kier alpha value is -2.87. The molecule has 0 aliphatic carbocycles. The van der Waals surface area contributed by atoms with Crippen LogP contribution in [0.25, 0.3) is 10.2 Å². The Balaban J connectivity index is 1.21. The van der Waals surface area contributed by atoms with Gasteiger partial charge in [-0.2, -0.15) is 0 Å². The first kappa shape index (κ1) is 20.1. The number of rotatable bonds is 3. The van der Waals surface area contributed by atoms with E-state index in [4.69, 9.17) is 9.40 Å². The van der Waals surface area contributed by atoms with E-state index in [0.717, 1.165) is 30.0 Å². The monoisotopic (exact) mass is 438 g/mol. The van der Waals surface area contributed by atoms with Crippen LogP contribution in [0.2, 0.25) is 0 Å². The first-order valence-corrected chi connectivity index (χ1v) is 11.6. The second-order valence-electron chi connectivity index (χ2n) is 8.35. The molecule has 0 N–H and O–H groups in total. The number of hydrogen-bond acceptors (Lipinski definition) is 6. The summed E-state index contributed by atoms with van der Waals surface area (Å²) in [7, 11) is 0. The second kappa shape index (κ2) is 8.34. The average molecular weight is 439 g/mol. The molecule has 31 heavy (non-hydrogen) atoms. The Bertz CT molecular complexity index is 1090. The predicted octanol–water partition coefficient (Wildman–Crippen LogP) is 3.40. The smallest absolute Gasteiger partial charge is 0.289 e. The molecule has 0 radical (unpaired) electrons. The number of piperidine rings is 1. The fraction of sp³-hybridized carbons (Fsp3) is 0.435. The number of piperazine rings is 1. The number of aryl methyl sites for hydroxylation is 1. The van der Waals surface area contributed by atoms with Crippen molar-refractivity contribution >= 4 is 38.5 Å². The lowest BCUT2D eigenvalue weighted by atomic mass is 9.96. The van der Waals surface area contributed by atoms with Crippen LogP contribution in [0.5, 0.6) is 0 Å². The third-order valence-electron chi connectivity index (χ3n) is 6.18.